The standard InChI is InChI=1S/C21H18N6O3S/c1-12-11-31-21(24-12)17(13-5-7-14(30-2)8-6-13)25-19(28)15-10-22-18(26-20(15)29)16-4-3-9-23-27-16/h3-11,17H,1-2H3,(H,25,28)(H,22,26,29)/t17-/m1/s1. The zero-order valence-electron chi connectivity index (χ0n) is 16.7. The normalized spacial score (nSPS) is 11.7. The zero-order chi connectivity index (χ0) is 21.8. The van der Waals surface area contributed by atoms with Gasteiger partial charge in [-0.15, -0.1) is 16.4 Å². The number of carbonyl (C=O) groups excluding carboxylic acids is 1. The van der Waals surface area contributed by atoms with Crippen molar-refractivity contribution in [1.29, 1.82) is 0 Å². The molecule has 1 amide bonds. The summed E-state index contributed by atoms with van der Waals surface area (Å²) in [4.78, 5) is 36.8. The van der Waals surface area contributed by atoms with Gasteiger partial charge in [-0.2, -0.15) is 5.10 Å². The topological polar surface area (TPSA) is 123 Å². The third kappa shape index (κ3) is 4.48. The molecule has 0 aliphatic carbocycles. The maximum Gasteiger partial charge on any atom is 0.264 e. The summed E-state index contributed by atoms with van der Waals surface area (Å²) in [6.07, 6.45) is 2.75. The lowest BCUT2D eigenvalue weighted by Crippen LogP contribution is -2.33. The number of aromatic amines is 1. The number of H-pyrrole nitrogens is 1. The van der Waals surface area contributed by atoms with Gasteiger partial charge in [0.1, 0.15) is 28.1 Å². The first-order chi connectivity index (χ1) is 15.0. The molecule has 31 heavy (non-hydrogen) atoms. The van der Waals surface area contributed by atoms with Gasteiger partial charge in [0.05, 0.1) is 7.11 Å². The van der Waals surface area contributed by atoms with Crippen molar-refractivity contribution in [3.05, 3.63) is 86.4 Å². The van der Waals surface area contributed by atoms with Crippen molar-refractivity contribution < 1.29 is 9.53 Å². The Kier molecular flexibility index (Phi) is 5.80. The Morgan fingerprint density at radius 1 is 1.23 bits per heavy atom. The van der Waals surface area contributed by atoms with E-state index in [9.17, 15) is 9.59 Å². The summed E-state index contributed by atoms with van der Waals surface area (Å²) < 4.78 is 5.21. The summed E-state index contributed by atoms with van der Waals surface area (Å²) in [7, 11) is 1.59. The highest BCUT2D eigenvalue weighted by molar-refractivity contribution is 7.09. The smallest absolute Gasteiger partial charge is 0.264 e. The molecule has 0 saturated heterocycles. The Hall–Kier alpha value is -3.92. The first-order valence-electron chi connectivity index (χ1n) is 9.29. The fraction of sp³-hybridized carbons (Fsp3) is 0.143. The van der Waals surface area contributed by atoms with Crippen molar-refractivity contribution in [2.24, 2.45) is 0 Å². The van der Waals surface area contributed by atoms with E-state index in [1.165, 1.54) is 23.7 Å². The molecule has 0 aliphatic heterocycles. The minimum Gasteiger partial charge on any atom is -0.497 e. The highest BCUT2D eigenvalue weighted by Crippen LogP contribution is 2.27. The Morgan fingerprint density at radius 2 is 2.03 bits per heavy atom. The van der Waals surface area contributed by atoms with Crippen LogP contribution in [0.4, 0.5) is 0 Å². The van der Waals surface area contributed by atoms with Crippen LogP contribution >= 0.6 is 11.3 Å². The number of carbonyl (C=O) groups is 1. The van der Waals surface area contributed by atoms with E-state index >= 15 is 0 Å². The number of nitrogens with zero attached hydrogens (tertiary/aromatic N) is 4. The average molecular weight is 434 g/mol. The maximum absolute atomic E-state index is 13.0. The van der Waals surface area contributed by atoms with Crippen molar-refractivity contribution in [3.8, 4) is 17.3 Å². The van der Waals surface area contributed by atoms with Crippen molar-refractivity contribution in [2.75, 3.05) is 7.11 Å². The van der Waals surface area contributed by atoms with Crippen LogP contribution in [0.2, 0.25) is 0 Å². The second kappa shape index (κ2) is 8.84. The van der Waals surface area contributed by atoms with E-state index in [0.29, 0.717) is 16.5 Å². The van der Waals surface area contributed by atoms with Crippen LogP contribution in [0, 0.1) is 6.92 Å². The van der Waals surface area contributed by atoms with Crippen LogP contribution in [0.5, 0.6) is 5.75 Å². The van der Waals surface area contributed by atoms with Gasteiger partial charge in [0.25, 0.3) is 11.5 Å². The molecule has 0 radical (unpaired) electrons. The molecule has 0 saturated carbocycles. The molecule has 156 valence electrons. The molecule has 0 spiro atoms. The molecule has 0 bridgehead atoms. The van der Waals surface area contributed by atoms with Crippen LogP contribution in [0.3, 0.4) is 0 Å². The van der Waals surface area contributed by atoms with Gasteiger partial charge in [0.2, 0.25) is 0 Å². The van der Waals surface area contributed by atoms with Gasteiger partial charge in [-0.25, -0.2) is 9.97 Å². The van der Waals surface area contributed by atoms with E-state index in [1.807, 2.05) is 24.4 Å². The summed E-state index contributed by atoms with van der Waals surface area (Å²) in [6.45, 7) is 1.88. The largest absolute Gasteiger partial charge is 0.497 e. The fourth-order valence-electron chi connectivity index (χ4n) is 2.91. The predicted octanol–water partition coefficient (Wildman–Crippen LogP) is 2.52. The predicted molar refractivity (Wildman–Crippen MR) is 115 cm³/mol. The molecule has 0 fully saturated rings. The van der Waals surface area contributed by atoms with Gasteiger partial charge in [-0.05, 0) is 36.8 Å². The van der Waals surface area contributed by atoms with Crippen molar-refractivity contribution in [1.82, 2.24) is 30.5 Å². The monoisotopic (exact) mass is 434 g/mol. The van der Waals surface area contributed by atoms with Gasteiger partial charge in [0, 0.05) is 23.5 Å². The first-order valence-corrected chi connectivity index (χ1v) is 10.2. The molecule has 3 aromatic heterocycles. The summed E-state index contributed by atoms with van der Waals surface area (Å²) in [5.74, 6) is 0.370. The molecule has 3 heterocycles. The molecule has 10 heteroatoms. The number of benzene rings is 1. The number of aromatic nitrogens is 5. The number of nitrogens with one attached hydrogen (secondary N) is 2. The van der Waals surface area contributed by atoms with E-state index in [2.05, 4.69) is 30.5 Å². The lowest BCUT2D eigenvalue weighted by Gasteiger charge is -2.17. The molecule has 1 aromatic carbocycles. The Morgan fingerprint density at radius 3 is 2.65 bits per heavy atom. The summed E-state index contributed by atoms with van der Waals surface area (Å²) in [5, 5.41) is 13.2. The third-order valence-corrected chi connectivity index (χ3v) is 5.49. The Balaban J connectivity index is 1.63. The Bertz CT molecular complexity index is 1250. The highest BCUT2D eigenvalue weighted by atomic mass is 32.1. The fourth-order valence-corrected chi connectivity index (χ4v) is 3.78. The minimum absolute atomic E-state index is 0.112. The lowest BCUT2D eigenvalue weighted by molar-refractivity contribution is 0.0941. The van der Waals surface area contributed by atoms with Crippen LogP contribution < -0.4 is 15.6 Å². The van der Waals surface area contributed by atoms with E-state index in [0.717, 1.165) is 11.3 Å². The molecule has 0 unspecified atom stereocenters. The molecular weight excluding hydrogens is 416 g/mol. The number of rotatable bonds is 6. The van der Waals surface area contributed by atoms with Crippen LogP contribution in [-0.2, 0) is 0 Å². The van der Waals surface area contributed by atoms with Crippen LogP contribution in [0.25, 0.3) is 11.5 Å². The quantitative estimate of drug-likeness (QED) is 0.478. The number of hydrogen-bond acceptors (Lipinski definition) is 8. The highest BCUT2D eigenvalue weighted by Gasteiger charge is 2.23. The zero-order valence-corrected chi connectivity index (χ0v) is 17.5. The Labute approximate surface area is 181 Å². The van der Waals surface area contributed by atoms with Crippen molar-refractivity contribution in [3.63, 3.8) is 0 Å². The van der Waals surface area contributed by atoms with E-state index in [4.69, 9.17) is 4.74 Å². The maximum atomic E-state index is 13.0. The molecule has 1 atom stereocenters. The van der Waals surface area contributed by atoms with E-state index in [-0.39, 0.29) is 11.4 Å². The molecule has 0 aliphatic rings. The minimum atomic E-state index is -0.572. The van der Waals surface area contributed by atoms with E-state index < -0.39 is 17.5 Å². The second-order valence-electron chi connectivity index (χ2n) is 6.59. The van der Waals surface area contributed by atoms with Gasteiger partial charge in [-0.3, -0.25) is 9.59 Å². The van der Waals surface area contributed by atoms with Crippen LogP contribution in [0.15, 0.2) is 59.0 Å². The first kappa shape index (κ1) is 20.4. The SMILES string of the molecule is COc1ccc([C@@H](NC(=O)c2cnc(-c3cccnn3)[nH]c2=O)c2nc(C)cs2)cc1. The van der Waals surface area contributed by atoms with Gasteiger partial charge < -0.3 is 15.0 Å². The number of methoxy groups -OCH3 is 1. The van der Waals surface area contributed by atoms with Crippen molar-refractivity contribution in [2.45, 2.75) is 13.0 Å². The molecular formula is C21H18N6O3S. The van der Waals surface area contributed by atoms with Crippen molar-refractivity contribution >= 4 is 17.2 Å². The number of thiazole rings is 1. The number of aryl methyl sites for hydroxylation is 1. The van der Waals surface area contributed by atoms with Gasteiger partial charge in [-0.1, -0.05) is 12.1 Å². The number of hydrogen-bond donors (Lipinski definition) is 2. The van der Waals surface area contributed by atoms with Gasteiger partial charge in [0.15, 0.2) is 5.82 Å². The number of ether oxygens (including phenoxy) is 1. The molecule has 4 aromatic rings. The number of amides is 1. The molecule has 4 rings (SSSR count). The van der Waals surface area contributed by atoms with Gasteiger partial charge >= 0.3 is 0 Å². The second-order valence-corrected chi connectivity index (χ2v) is 7.48. The summed E-state index contributed by atoms with van der Waals surface area (Å²) >= 11 is 1.43. The van der Waals surface area contributed by atoms with Crippen LogP contribution in [0.1, 0.15) is 32.7 Å². The molecule has 9 nitrogen and oxygen atoms in total. The summed E-state index contributed by atoms with van der Waals surface area (Å²) in [6, 6.07) is 10.1. The third-order valence-electron chi connectivity index (χ3n) is 4.47. The van der Waals surface area contributed by atoms with E-state index in [1.54, 1.807) is 31.4 Å². The average Bonchev–Trinajstić information content (AvgIpc) is 3.24. The lowest BCUT2D eigenvalue weighted by atomic mass is 10.1. The summed E-state index contributed by atoms with van der Waals surface area (Å²) in [5.41, 5.74) is 1.38. The van der Waals surface area contributed by atoms with Crippen LogP contribution in [-0.4, -0.2) is 38.2 Å². The molecule has 2 N–H and O–H groups in total.